The van der Waals surface area contributed by atoms with Crippen LogP contribution in [0.2, 0.25) is 0 Å². The summed E-state index contributed by atoms with van der Waals surface area (Å²) in [6.07, 6.45) is 3.47. The zero-order chi connectivity index (χ0) is 28.8. The fraction of sp³-hybridized carbons (Fsp3) is 0.783. The number of nitrogens with two attached hydrogens (primary N) is 6. The first-order valence-electron chi connectivity index (χ1n) is 13.2. The molecule has 0 rings (SSSR count). The average Bonchev–Trinajstić information content (AvgIpc) is 2.86. The molecule has 0 saturated heterocycles. The molecule has 0 radical (unpaired) electrons. The van der Waals surface area contributed by atoms with Gasteiger partial charge >= 0.3 is 0 Å². The molecular weight excluding hydrogens is 492 g/mol. The van der Waals surface area contributed by atoms with E-state index in [-0.39, 0.29) is 29.5 Å². The van der Waals surface area contributed by atoms with Crippen molar-refractivity contribution in [3.8, 4) is 0 Å². The lowest BCUT2D eigenvalue weighted by Gasteiger charge is -2.24. The molecule has 0 aromatic carbocycles. The van der Waals surface area contributed by atoms with Crippen molar-refractivity contribution in [3.63, 3.8) is 0 Å². The molecule has 0 aliphatic rings. The molecule has 15 N–H and O–H groups in total. The van der Waals surface area contributed by atoms with Crippen LogP contribution in [0.5, 0.6) is 0 Å². The van der Waals surface area contributed by atoms with E-state index in [0.717, 1.165) is 6.42 Å². The second-order valence-corrected chi connectivity index (χ2v) is 9.00. The molecule has 15 nitrogen and oxygen atoms in total. The first kappa shape index (κ1) is 35.0. The zero-order valence-electron chi connectivity index (χ0n) is 22.8. The van der Waals surface area contributed by atoms with E-state index in [0.29, 0.717) is 91.0 Å². The van der Waals surface area contributed by atoms with E-state index in [1.54, 1.807) is 0 Å². The highest BCUT2D eigenvalue weighted by Crippen LogP contribution is 1.97. The number of aliphatic imine (C=N–C) groups is 2. The Kier molecular flexibility index (Phi) is 20.3. The van der Waals surface area contributed by atoms with Crippen LogP contribution in [0.1, 0.15) is 45.4 Å². The second kappa shape index (κ2) is 22.0. The van der Waals surface area contributed by atoms with Crippen LogP contribution in [0.15, 0.2) is 9.98 Å². The molecule has 220 valence electrons. The molecule has 0 aliphatic heterocycles. The molecule has 2 unspecified atom stereocenters. The van der Waals surface area contributed by atoms with Crippen LogP contribution in [0, 0.1) is 0 Å². The maximum atomic E-state index is 12.3. The Morgan fingerprint density at radius 3 is 1.63 bits per heavy atom. The Balaban J connectivity index is 4.55. The fourth-order valence-corrected chi connectivity index (χ4v) is 3.41. The molecule has 0 spiro atoms. The van der Waals surface area contributed by atoms with Crippen LogP contribution < -0.4 is 50.4 Å². The van der Waals surface area contributed by atoms with Gasteiger partial charge in [0.15, 0.2) is 11.9 Å². The number of nitrogens with zero attached hydrogens (tertiary/aromatic N) is 3. The number of carbonyl (C=O) groups excluding carboxylic acids is 3. The fourth-order valence-electron chi connectivity index (χ4n) is 3.41. The zero-order valence-corrected chi connectivity index (χ0v) is 22.8. The van der Waals surface area contributed by atoms with Gasteiger partial charge in [-0.1, -0.05) is 6.92 Å². The highest BCUT2D eigenvalue weighted by atomic mass is 16.2. The number of rotatable bonds is 23. The number of nitrogens with one attached hydrogen (secondary N) is 3. The smallest absolute Gasteiger partial charge is 0.236 e. The normalized spacial score (nSPS) is 12.4. The second-order valence-electron chi connectivity index (χ2n) is 9.00. The Hall–Kier alpha value is -3.01. The van der Waals surface area contributed by atoms with Crippen molar-refractivity contribution in [1.29, 1.82) is 0 Å². The minimum Gasteiger partial charge on any atom is -0.370 e. The molecule has 0 aromatic rings. The third kappa shape index (κ3) is 20.1. The van der Waals surface area contributed by atoms with Crippen molar-refractivity contribution >= 4 is 29.5 Å². The summed E-state index contributed by atoms with van der Waals surface area (Å²) < 4.78 is 0. The lowest BCUT2D eigenvalue weighted by atomic mass is 10.1. The van der Waals surface area contributed by atoms with Crippen LogP contribution in [0.4, 0.5) is 0 Å². The van der Waals surface area contributed by atoms with Crippen LogP contribution in [0.25, 0.3) is 0 Å². The van der Waals surface area contributed by atoms with Crippen LogP contribution >= 0.6 is 0 Å². The third-order valence-corrected chi connectivity index (χ3v) is 5.52. The summed E-state index contributed by atoms with van der Waals surface area (Å²) in [6, 6.07) is -1.31. The van der Waals surface area contributed by atoms with Gasteiger partial charge in [-0.25, -0.2) is 0 Å². The Bertz CT molecular complexity index is 691. The van der Waals surface area contributed by atoms with Crippen molar-refractivity contribution in [2.24, 2.45) is 44.4 Å². The predicted molar refractivity (Wildman–Crippen MR) is 151 cm³/mol. The van der Waals surface area contributed by atoms with Gasteiger partial charge in [0.05, 0.1) is 18.6 Å². The Labute approximate surface area is 225 Å². The van der Waals surface area contributed by atoms with E-state index < -0.39 is 12.1 Å². The van der Waals surface area contributed by atoms with E-state index in [1.807, 2.05) is 6.92 Å². The standard InChI is InChI=1S/C23H50N12O3/c1-2-5-17(36)16-30-10-13-35(14-11-31-20(37)18(24)6-3-8-33-22(26)27)15-12-32-21(38)19(25)7-4-9-34-23(28)29/h18-19,30H,2-16,24-25H2,1H3,(H,31,37)(H,32,38)(H4,26,27,33)(H4,28,29,34). The molecule has 0 fully saturated rings. The van der Waals surface area contributed by atoms with Gasteiger partial charge in [0.25, 0.3) is 0 Å². The summed E-state index contributed by atoms with van der Waals surface area (Å²) in [5.74, 6) is -0.321. The monoisotopic (exact) mass is 542 g/mol. The van der Waals surface area contributed by atoms with E-state index >= 15 is 0 Å². The maximum Gasteiger partial charge on any atom is 0.236 e. The number of carbonyl (C=O) groups is 3. The minimum absolute atomic E-state index is 0.00773. The van der Waals surface area contributed by atoms with Crippen molar-refractivity contribution in [1.82, 2.24) is 20.9 Å². The largest absolute Gasteiger partial charge is 0.370 e. The molecule has 38 heavy (non-hydrogen) atoms. The molecule has 0 saturated carbocycles. The van der Waals surface area contributed by atoms with Crippen molar-refractivity contribution in [3.05, 3.63) is 0 Å². The SMILES string of the molecule is CCCC(=O)CNCCN(CCNC(=O)C(N)CCCN=C(N)N)CCNC(=O)C(N)CCCN=C(N)N. The van der Waals surface area contributed by atoms with Gasteiger partial charge in [0.1, 0.15) is 5.78 Å². The van der Waals surface area contributed by atoms with Gasteiger partial charge in [-0.3, -0.25) is 29.3 Å². The number of hydrogen-bond acceptors (Lipinski definition) is 9. The number of ketones is 1. The van der Waals surface area contributed by atoms with Crippen molar-refractivity contribution in [2.75, 3.05) is 58.9 Å². The molecule has 0 aromatic heterocycles. The number of guanidine groups is 2. The molecule has 2 amide bonds. The van der Waals surface area contributed by atoms with E-state index in [9.17, 15) is 14.4 Å². The summed E-state index contributed by atoms with van der Waals surface area (Å²) in [7, 11) is 0. The summed E-state index contributed by atoms with van der Waals surface area (Å²) in [4.78, 5) is 46.1. The minimum atomic E-state index is -0.656. The molecule has 15 heteroatoms. The molecule has 0 aliphatic carbocycles. The topological polar surface area (TPSA) is 271 Å². The van der Waals surface area contributed by atoms with Gasteiger partial charge in [-0.2, -0.15) is 0 Å². The summed E-state index contributed by atoms with van der Waals surface area (Å²) in [5, 5.41) is 8.83. The van der Waals surface area contributed by atoms with Crippen molar-refractivity contribution < 1.29 is 14.4 Å². The van der Waals surface area contributed by atoms with Gasteiger partial charge in [-0.05, 0) is 32.1 Å². The first-order chi connectivity index (χ1) is 18.1. The van der Waals surface area contributed by atoms with Crippen molar-refractivity contribution in [2.45, 2.75) is 57.5 Å². The van der Waals surface area contributed by atoms with Gasteiger partial charge < -0.3 is 50.4 Å². The molecule has 0 bridgehead atoms. The van der Waals surface area contributed by atoms with E-state index in [4.69, 9.17) is 34.4 Å². The van der Waals surface area contributed by atoms with Gasteiger partial charge in [0, 0.05) is 58.8 Å². The van der Waals surface area contributed by atoms with Gasteiger partial charge in [0.2, 0.25) is 11.8 Å². The summed E-state index contributed by atoms with van der Waals surface area (Å²) in [5.41, 5.74) is 33.0. The highest BCUT2D eigenvalue weighted by molar-refractivity contribution is 5.82. The summed E-state index contributed by atoms with van der Waals surface area (Å²) >= 11 is 0. The summed E-state index contributed by atoms with van der Waals surface area (Å²) in [6.45, 7) is 6.17. The predicted octanol–water partition coefficient (Wildman–Crippen LogP) is -3.76. The lowest BCUT2D eigenvalue weighted by Crippen LogP contribution is -2.47. The maximum absolute atomic E-state index is 12.3. The van der Waals surface area contributed by atoms with Crippen LogP contribution in [-0.2, 0) is 14.4 Å². The highest BCUT2D eigenvalue weighted by Gasteiger charge is 2.15. The first-order valence-corrected chi connectivity index (χ1v) is 13.2. The van der Waals surface area contributed by atoms with Crippen LogP contribution in [0.3, 0.4) is 0 Å². The van der Waals surface area contributed by atoms with E-state index in [2.05, 4.69) is 30.8 Å². The quantitative estimate of drug-likeness (QED) is 0.0343. The molecule has 0 heterocycles. The number of Topliss-reactive ketones (excluding diaryl/α,β-unsaturated/α-hetero) is 1. The van der Waals surface area contributed by atoms with Crippen LogP contribution in [-0.4, -0.2) is 105 Å². The molecular formula is C23H50N12O3. The lowest BCUT2D eigenvalue weighted by molar-refractivity contribution is -0.123. The Morgan fingerprint density at radius 2 is 1.21 bits per heavy atom. The van der Waals surface area contributed by atoms with Gasteiger partial charge in [-0.15, -0.1) is 0 Å². The van der Waals surface area contributed by atoms with E-state index in [1.165, 1.54) is 0 Å². The molecule has 2 atom stereocenters. The number of amides is 2. The average molecular weight is 543 g/mol. The number of hydrogen-bond donors (Lipinski definition) is 9. The Morgan fingerprint density at radius 1 is 0.763 bits per heavy atom. The third-order valence-electron chi connectivity index (χ3n) is 5.52.